The maximum atomic E-state index is 12.1. The van der Waals surface area contributed by atoms with Gasteiger partial charge in [-0.1, -0.05) is 0 Å². The summed E-state index contributed by atoms with van der Waals surface area (Å²) >= 11 is 9.01. The Balaban J connectivity index is 2.80. The predicted octanol–water partition coefficient (Wildman–Crippen LogP) is 2.55. The molecule has 0 saturated heterocycles. The molecule has 0 aliphatic heterocycles. The molecule has 0 aromatic carbocycles. The number of hydrogen-bond donors (Lipinski definition) is 0. The van der Waals surface area contributed by atoms with Crippen molar-refractivity contribution in [2.24, 2.45) is 0 Å². The summed E-state index contributed by atoms with van der Waals surface area (Å²) in [5.74, 6) is 0.428. The van der Waals surface area contributed by atoms with Crippen molar-refractivity contribution in [2.45, 2.75) is 13.3 Å². The zero-order chi connectivity index (χ0) is 11.7. The third-order valence-corrected chi connectivity index (χ3v) is 3.09. The van der Waals surface area contributed by atoms with Crippen LogP contribution >= 0.6 is 27.5 Å². The molecule has 0 amide bonds. The Kier molecular flexibility index (Phi) is 3.30. The predicted molar refractivity (Wildman–Crippen MR) is 68.3 cm³/mol. The van der Waals surface area contributed by atoms with Crippen molar-refractivity contribution >= 4 is 33.2 Å². The normalized spacial score (nSPS) is 10.9. The van der Waals surface area contributed by atoms with E-state index in [-0.39, 0.29) is 5.56 Å². The van der Waals surface area contributed by atoms with Crippen LogP contribution in [0.15, 0.2) is 27.6 Å². The molecule has 0 fully saturated rings. The summed E-state index contributed by atoms with van der Waals surface area (Å²) < 4.78 is 2.39. The van der Waals surface area contributed by atoms with Gasteiger partial charge in [-0.05, 0) is 41.4 Å². The van der Waals surface area contributed by atoms with Crippen LogP contribution in [-0.2, 0) is 6.42 Å². The van der Waals surface area contributed by atoms with Gasteiger partial charge < -0.3 is 0 Å². The van der Waals surface area contributed by atoms with Gasteiger partial charge in [0.25, 0.3) is 5.56 Å². The van der Waals surface area contributed by atoms with Gasteiger partial charge in [-0.3, -0.25) is 9.20 Å². The van der Waals surface area contributed by atoms with Crippen molar-refractivity contribution < 1.29 is 0 Å². The molecule has 2 aromatic heterocycles. The molecule has 0 bridgehead atoms. The first-order valence-corrected chi connectivity index (χ1v) is 6.19. The number of aryl methyl sites for hydroxylation is 1. The van der Waals surface area contributed by atoms with E-state index in [2.05, 4.69) is 20.9 Å². The number of alkyl halides is 1. The highest BCUT2D eigenvalue weighted by atomic mass is 79.9. The van der Waals surface area contributed by atoms with E-state index in [0.29, 0.717) is 23.5 Å². The van der Waals surface area contributed by atoms with E-state index in [0.717, 1.165) is 10.2 Å². The van der Waals surface area contributed by atoms with Crippen LogP contribution < -0.4 is 5.56 Å². The van der Waals surface area contributed by atoms with Crippen LogP contribution in [0.25, 0.3) is 5.65 Å². The van der Waals surface area contributed by atoms with Crippen molar-refractivity contribution in [2.75, 3.05) is 5.88 Å². The molecular weight excluding hydrogens is 291 g/mol. The first kappa shape index (κ1) is 11.6. The Labute approximate surface area is 106 Å². The Morgan fingerprint density at radius 2 is 2.25 bits per heavy atom. The topological polar surface area (TPSA) is 34.4 Å². The van der Waals surface area contributed by atoms with E-state index >= 15 is 0 Å². The van der Waals surface area contributed by atoms with Crippen molar-refractivity contribution in [1.29, 1.82) is 0 Å². The van der Waals surface area contributed by atoms with E-state index in [1.807, 2.05) is 19.1 Å². The average molecular weight is 302 g/mol. The summed E-state index contributed by atoms with van der Waals surface area (Å²) in [6.07, 6.45) is 2.27. The quantitative estimate of drug-likeness (QED) is 0.799. The zero-order valence-electron chi connectivity index (χ0n) is 8.70. The third kappa shape index (κ3) is 1.99. The molecule has 0 radical (unpaired) electrons. The molecule has 0 spiro atoms. The maximum Gasteiger partial charge on any atom is 0.261 e. The highest BCUT2D eigenvalue weighted by Crippen LogP contribution is 2.11. The minimum absolute atomic E-state index is 0.0375. The first-order valence-electron chi connectivity index (χ1n) is 4.87. The minimum atomic E-state index is -0.0375. The van der Waals surface area contributed by atoms with Gasteiger partial charge in [0, 0.05) is 27.8 Å². The monoisotopic (exact) mass is 300 g/mol. The van der Waals surface area contributed by atoms with E-state index in [1.165, 1.54) is 0 Å². The summed E-state index contributed by atoms with van der Waals surface area (Å²) in [6, 6.07) is 3.67. The van der Waals surface area contributed by atoms with Crippen LogP contribution in [0.5, 0.6) is 0 Å². The fraction of sp³-hybridized carbons (Fsp3) is 0.273. The van der Waals surface area contributed by atoms with Gasteiger partial charge in [-0.25, -0.2) is 4.98 Å². The molecule has 0 aliphatic rings. The fourth-order valence-electron chi connectivity index (χ4n) is 1.64. The number of aromatic nitrogens is 2. The second-order valence-electron chi connectivity index (χ2n) is 3.50. The molecule has 2 heterocycles. The third-order valence-electron chi connectivity index (χ3n) is 2.43. The van der Waals surface area contributed by atoms with Gasteiger partial charge in [0.15, 0.2) is 0 Å². The van der Waals surface area contributed by atoms with Gasteiger partial charge in [-0.2, -0.15) is 0 Å². The number of nitrogens with zero attached hydrogens (tertiary/aromatic N) is 2. The van der Waals surface area contributed by atoms with Crippen molar-refractivity contribution in [3.8, 4) is 0 Å². The van der Waals surface area contributed by atoms with Crippen LogP contribution in [0.3, 0.4) is 0 Å². The maximum absolute atomic E-state index is 12.1. The average Bonchev–Trinajstić information content (AvgIpc) is 2.26. The van der Waals surface area contributed by atoms with Crippen molar-refractivity contribution in [3.63, 3.8) is 0 Å². The summed E-state index contributed by atoms with van der Waals surface area (Å²) in [4.78, 5) is 16.5. The van der Waals surface area contributed by atoms with Crippen LogP contribution in [-0.4, -0.2) is 15.3 Å². The molecule has 0 unspecified atom stereocenters. The van der Waals surface area contributed by atoms with Crippen molar-refractivity contribution in [3.05, 3.63) is 44.4 Å². The smallest absolute Gasteiger partial charge is 0.261 e. The second kappa shape index (κ2) is 4.55. The molecule has 0 N–H and O–H groups in total. The Bertz CT molecular complexity index is 594. The lowest BCUT2D eigenvalue weighted by molar-refractivity contribution is 0.936. The van der Waals surface area contributed by atoms with Crippen LogP contribution in [0.1, 0.15) is 11.3 Å². The van der Waals surface area contributed by atoms with Gasteiger partial charge in [0.1, 0.15) is 5.65 Å². The van der Waals surface area contributed by atoms with Crippen LogP contribution in [0.2, 0.25) is 0 Å². The standard InChI is InChI=1S/C11H10BrClN2O/c1-7-9(4-5-13)11(16)15-6-8(12)2-3-10(15)14-7/h2-3,6H,4-5H2,1H3. The van der Waals surface area contributed by atoms with Gasteiger partial charge in [-0.15, -0.1) is 11.6 Å². The Hall–Kier alpha value is -0.870. The molecule has 84 valence electrons. The zero-order valence-corrected chi connectivity index (χ0v) is 11.0. The fourth-order valence-corrected chi connectivity index (χ4v) is 2.17. The molecule has 0 aliphatic carbocycles. The van der Waals surface area contributed by atoms with E-state index in [1.54, 1.807) is 10.6 Å². The van der Waals surface area contributed by atoms with Gasteiger partial charge >= 0.3 is 0 Å². The lowest BCUT2D eigenvalue weighted by atomic mass is 10.2. The number of fused-ring (bicyclic) bond motifs is 1. The number of pyridine rings is 1. The molecule has 2 rings (SSSR count). The summed E-state index contributed by atoms with van der Waals surface area (Å²) in [5, 5.41) is 0. The van der Waals surface area contributed by atoms with Gasteiger partial charge in [0.2, 0.25) is 0 Å². The summed E-state index contributed by atoms with van der Waals surface area (Å²) in [6.45, 7) is 1.84. The molecule has 16 heavy (non-hydrogen) atoms. The SMILES string of the molecule is Cc1nc2ccc(Br)cn2c(=O)c1CCCl. The van der Waals surface area contributed by atoms with Crippen molar-refractivity contribution in [1.82, 2.24) is 9.38 Å². The van der Waals surface area contributed by atoms with E-state index < -0.39 is 0 Å². The van der Waals surface area contributed by atoms with Gasteiger partial charge in [0.05, 0.1) is 0 Å². The highest BCUT2D eigenvalue weighted by molar-refractivity contribution is 9.10. The molecule has 3 nitrogen and oxygen atoms in total. The molecule has 5 heteroatoms. The molecular formula is C11H10BrClN2O. The van der Waals surface area contributed by atoms with E-state index in [9.17, 15) is 4.79 Å². The molecule has 0 atom stereocenters. The number of rotatable bonds is 2. The molecule has 0 saturated carbocycles. The second-order valence-corrected chi connectivity index (χ2v) is 4.79. The first-order chi connectivity index (χ1) is 7.63. The molecule has 2 aromatic rings. The van der Waals surface area contributed by atoms with Crippen LogP contribution in [0.4, 0.5) is 0 Å². The summed E-state index contributed by atoms with van der Waals surface area (Å²) in [7, 11) is 0. The Morgan fingerprint density at radius 1 is 1.50 bits per heavy atom. The Morgan fingerprint density at radius 3 is 2.94 bits per heavy atom. The number of hydrogen-bond acceptors (Lipinski definition) is 2. The lowest BCUT2D eigenvalue weighted by Crippen LogP contribution is -2.21. The largest absolute Gasteiger partial charge is 0.269 e. The summed E-state index contributed by atoms with van der Waals surface area (Å²) in [5.41, 5.74) is 2.06. The van der Waals surface area contributed by atoms with Crippen LogP contribution in [0, 0.1) is 6.92 Å². The van der Waals surface area contributed by atoms with E-state index in [4.69, 9.17) is 11.6 Å². The number of halogens is 2. The highest BCUT2D eigenvalue weighted by Gasteiger charge is 2.08. The lowest BCUT2D eigenvalue weighted by Gasteiger charge is -2.06. The minimum Gasteiger partial charge on any atom is -0.269 e.